The maximum Gasteiger partial charge on any atom is 0.217 e. The van der Waals surface area contributed by atoms with Crippen molar-refractivity contribution in [3.63, 3.8) is 0 Å². The van der Waals surface area contributed by atoms with Crippen molar-refractivity contribution in [1.82, 2.24) is 19.5 Å². The Morgan fingerprint density at radius 2 is 1.92 bits per heavy atom. The number of hydrogen-bond donors (Lipinski definition) is 1. The lowest BCUT2D eigenvalue weighted by Gasteiger charge is -2.39. The zero-order valence-electron chi connectivity index (χ0n) is 14.0. The predicted molar refractivity (Wildman–Crippen MR) is 97.6 cm³/mol. The number of para-hydroxylation sites is 1. The minimum absolute atomic E-state index is 0.390. The molecule has 1 aliphatic heterocycles. The fraction of sp³-hybridized carbons (Fsp3) is 0.294. The number of hydrogen-bond acceptors (Lipinski definition) is 5. The van der Waals surface area contributed by atoms with Gasteiger partial charge in [0.2, 0.25) is 10.0 Å². The molecule has 0 radical (unpaired) electrons. The van der Waals surface area contributed by atoms with Crippen LogP contribution in [0.1, 0.15) is 5.69 Å². The van der Waals surface area contributed by atoms with Gasteiger partial charge in [-0.15, -0.1) is 0 Å². The first kappa shape index (κ1) is 16.0. The molecule has 3 aromatic rings. The normalized spacial score (nSPS) is 15.5. The van der Waals surface area contributed by atoms with Crippen molar-refractivity contribution in [2.24, 2.45) is 0 Å². The van der Waals surface area contributed by atoms with E-state index in [9.17, 15) is 8.42 Å². The lowest BCUT2D eigenvalue weighted by molar-refractivity contribution is 0.532. The van der Waals surface area contributed by atoms with Gasteiger partial charge in [-0.2, -0.15) is 5.10 Å². The number of anilines is 1. The van der Waals surface area contributed by atoms with Gasteiger partial charge in [-0.1, -0.05) is 18.2 Å². The van der Waals surface area contributed by atoms with Crippen molar-refractivity contribution in [2.45, 2.75) is 12.2 Å². The van der Waals surface area contributed by atoms with Crippen molar-refractivity contribution in [3.05, 3.63) is 48.3 Å². The van der Waals surface area contributed by atoms with Crippen molar-refractivity contribution in [3.8, 4) is 5.69 Å². The quantitative estimate of drug-likeness (QED) is 0.765. The Labute approximate surface area is 146 Å². The number of benzene rings is 1. The van der Waals surface area contributed by atoms with Gasteiger partial charge in [-0.05, 0) is 26.1 Å². The number of nitrogens with one attached hydrogen (secondary N) is 1. The Bertz CT molecular complexity index is 1020. The van der Waals surface area contributed by atoms with E-state index in [0.717, 1.165) is 28.1 Å². The van der Waals surface area contributed by atoms with E-state index in [-0.39, 0.29) is 0 Å². The van der Waals surface area contributed by atoms with Crippen molar-refractivity contribution in [2.75, 3.05) is 25.0 Å². The minimum atomic E-state index is -3.22. The first-order valence-electron chi connectivity index (χ1n) is 8.08. The van der Waals surface area contributed by atoms with E-state index >= 15 is 0 Å². The van der Waals surface area contributed by atoms with Crippen LogP contribution < -0.4 is 9.62 Å². The minimum Gasteiger partial charge on any atom is -0.354 e. The third-order valence-corrected chi connectivity index (χ3v) is 6.42. The van der Waals surface area contributed by atoms with E-state index in [1.54, 1.807) is 0 Å². The third kappa shape index (κ3) is 2.67. The van der Waals surface area contributed by atoms with Crippen LogP contribution in [0.25, 0.3) is 16.6 Å². The molecule has 0 amide bonds. The molecule has 130 valence electrons. The summed E-state index contributed by atoms with van der Waals surface area (Å²) in [4.78, 5) is 6.45. The van der Waals surface area contributed by atoms with Gasteiger partial charge in [0.05, 0.1) is 16.9 Å². The van der Waals surface area contributed by atoms with E-state index in [0.29, 0.717) is 13.1 Å². The molecule has 1 N–H and O–H groups in total. The van der Waals surface area contributed by atoms with Gasteiger partial charge in [0.15, 0.2) is 0 Å². The number of aryl methyl sites for hydroxylation is 1. The van der Waals surface area contributed by atoms with Crippen molar-refractivity contribution < 1.29 is 8.42 Å². The van der Waals surface area contributed by atoms with Crippen molar-refractivity contribution >= 4 is 26.7 Å². The Balaban J connectivity index is 1.64. The lowest BCUT2D eigenvalue weighted by atomic mass is 10.2. The van der Waals surface area contributed by atoms with Gasteiger partial charge in [0.25, 0.3) is 0 Å². The largest absolute Gasteiger partial charge is 0.354 e. The highest BCUT2D eigenvalue weighted by Gasteiger charge is 2.37. The second kappa shape index (κ2) is 5.82. The average molecular weight is 357 g/mol. The highest BCUT2D eigenvalue weighted by molar-refractivity contribution is 7.90. The molecule has 1 fully saturated rings. The fourth-order valence-electron chi connectivity index (χ4n) is 3.07. The van der Waals surface area contributed by atoms with Gasteiger partial charge in [0, 0.05) is 30.7 Å². The third-order valence-electron chi connectivity index (χ3n) is 4.68. The standard InChI is InChI=1S/C17H19N5O2S/c1-12-15-9-19-17(21-10-14(11-21)25(23,24)18-2)8-16(15)20-22(12)13-6-4-3-5-7-13/h3-9,14,18H,10-11H2,1-2H3. The van der Waals surface area contributed by atoms with Crippen LogP contribution in [0.4, 0.5) is 5.82 Å². The molecule has 25 heavy (non-hydrogen) atoms. The highest BCUT2D eigenvalue weighted by atomic mass is 32.2. The molecule has 4 rings (SSSR count). The molecule has 1 aromatic carbocycles. The Morgan fingerprint density at radius 3 is 2.60 bits per heavy atom. The average Bonchev–Trinajstić information content (AvgIpc) is 2.90. The summed E-state index contributed by atoms with van der Waals surface area (Å²) in [6.45, 7) is 2.91. The maximum absolute atomic E-state index is 11.8. The highest BCUT2D eigenvalue weighted by Crippen LogP contribution is 2.27. The molecule has 1 saturated heterocycles. The molecule has 7 nitrogen and oxygen atoms in total. The molecular formula is C17H19N5O2S. The second-order valence-corrected chi connectivity index (χ2v) is 8.33. The molecule has 0 bridgehead atoms. The Hall–Kier alpha value is -2.45. The number of fused-ring (bicyclic) bond motifs is 1. The van der Waals surface area contributed by atoms with E-state index in [1.165, 1.54) is 7.05 Å². The molecule has 0 atom stereocenters. The smallest absolute Gasteiger partial charge is 0.217 e. The number of rotatable bonds is 4. The van der Waals surface area contributed by atoms with Gasteiger partial charge >= 0.3 is 0 Å². The summed E-state index contributed by atoms with van der Waals surface area (Å²) in [5.74, 6) is 0.757. The van der Waals surface area contributed by atoms with Gasteiger partial charge in [0.1, 0.15) is 11.1 Å². The van der Waals surface area contributed by atoms with Gasteiger partial charge in [-0.25, -0.2) is 22.8 Å². The number of pyridine rings is 1. The van der Waals surface area contributed by atoms with Gasteiger partial charge < -0.3 is 4.90 Å². The SMILES string of the molecule is CNS(=O)(=O)C1CN(c2cc3nn(-c4ccccc4)c(C)c3cn2)C1. The van der Waals surface area contributed by atoms with Crippen LogP contribution in [0.15, 0.2) is 42.6 Å². The van der Waals surface area contributed by atoms with E-state index in [1.807, 2.05) is 59.1 Å². The monoisotopic (exact) mass is 357 g/mol. The molecule has 0 saturated carbocycles. The topological polar surface area (TPSA) is 80.1 Å². The van der Waals surface area contributed by atoms with Crippen LogP contribution in [0.5, 0.6) is 0 Å². The summed E-state index contributed by atoms with van der Waals surface area (Å²) in [5.41, 5.74) is 2.88. The van der Waals surface area contributed by atoms with E-state index in [2.05, 4.69) is 14.8 Å². The van der Waals surface area contributed by atoms with Crippen LogP contribution in [-0.2, 0) is 10.0 Å². The number of aromatic nitrogens is 3. The summed E-state index contributed by atoms with van der Waals surface area (Å²) in [6, 6.07) is 11.9. The van der Waals surface area contributed by atoms with Crippen LogP contribution in [0, 0.1) is 6.92 Å². The molecule has 0 spiro atoms. The van der Waals surface area contributed by atoms with Crippen LogP contribution >= 0.6 is 0 Å². The summed E-state index contributed by atoms with van der Waals surface area (Å²) in [6.07, 6.45) is 1.81. The second-order valence-electron chi connectivity index (χ2n) is 6.17. The van der Waals surface area contributed by atoms with E-state index in [4.69, 9.17) is 0 Å². The number of nitrogens with zero attached hydrogens (tertiary/aromatic N) is 4. The molecule has 0 unspecified atom stereocenters. The molecule has 0 aliphatic carbocycles. The summed E-state index contributed by atoms with van der Waals surface area (Å²) < 4.78 is 27.9. The molecule has 2 aromatic heterocycles. The van der Waals surface area contributed by atoms with Crippen molar-refractivity contribution in [1.29, 1.82) is 0 Å². The van der Waals surface area contributed by atoms with Crippen LogP contribution in [0.3, 0.4) is 0 Å². The number of sulfonamides is 1. The molecule has 8 heteroatoms. The molecular weight excluding hydrogens is 338 g/mol. The lowest BCUT2D eigenvalue weighted by Crippen LogP contribution is -2.57. The summed E-state index contributed by atoms with van der Waals surface area (Å²) in [5, 5.41) is 5.29. The zero-order valence-corrected chi connectivity index (χ0v) is 14.9. The van der Waals surface area contributed by atoms with E-state index < -0.39 is 15.3 Å². The van der Waals surface area contributed by atoms with Crippen LogP contribution in [0.2, 0.25) is 0 Å². The molecule has 3 heterocycles. The summed E-state index contributed by atoms with van der Waals surface area (Å²) >= 11 is 0. The first-order valence-corrected chi connectivity index (χ1v) is 9.62. The Kier molecular flexibility index (Phi) is 3.73. The zero-order chi connectivity index (χ0) is 17.6. The predicted octanol–water partition coefficient (Wildman–Crippen LogP) is 1.47. The summed E-state index contributed by atoms with van der Waals surface area (Å²) in [7, 11) is -1.78. The Morgan fingerprint density at radius 1 is 1.20 bits per heavy atom. The van der Waals surface area contributed by atoms with Crippen LogP contribution in [-0.4, -0.2) is 48.6 Å². The first-order chi connectivity index (χ1) is 12.0. The van der Waals surface area contributed by atoms with Gasteiger partial charge in [-0.3, -0.25) is 0 Å². The maximum atomic E-state index is 11.8. The fourth-order valence-corrected chi connectivity index (χ4v) is 4.16. The molecule has 1 aliphatic rings.